The minimum Gasteiger partial charge on any atom is -0.399 e. The van der Waals surface area contributed by atoms with Crippen molar-refractivity contribution in [1.29, 1.82) is 0 Å². The summed E-state index contributed by atoms with van der Waals surface area (Å²) in [6.07, 6.45) is 2.48. The number of nitrogen functional groups attached to an aromatic ring is 1. The van der Waals surface area contributed by atoms with Crippen molar-refractivity contribution in [3.8, 4) is 0 Å². The normalized spacial score (nSPS) is 18.4. The van der Waals surface area contributed by atoms with Gasteiger partial charge < -0.3 is 11.1 Å². The van der Waals surface area contributed by atoms with Gasteiger partial charge >= 0.3 is 0 Å². The van der Waals surface area contributed by atoms with Crippen LogP contribution in [0.5, 0.6) is 0 Å². The fourth-order valence-electron chi connectivity index (χ4n) is 2.25. The molecule has 0 saturated carbocycles. The summed E-state index contributed by atoms with van der Waals surface area (Å²) in [5.74, 6) is 0.708. The van der Waals surface area contributed by atoms with Crippen LogP contribution in [-0.4, -0.2) is 13.1 Å². The third kappa shape index (κ3) is 1.75. The summed E-state index contributed by atoms with van der Waals surface area (Å²) < 4.78 is 0. The molecule has 1 aromatic carbocycles. The summed E-state index contributed by atoms with van der Waals surface area (Å²) in [5.41, 5.74) is 9.57. The Morgan fingerprint density at radius 2 is 2.00 bits per heavy atom. The topological polar surface area (TPSA) is 38.0 Å². The SMILES string of the molecule is Cc1c(N)cccc1C1CCNCC1. The van der Waals surface area contributed by atoms with E-state index >= 15 is 0 Å². The number of nitrogens with two attached hydrogens (primary N) is 1. The van der Waals surface area contributed by atoms with Crippen LogP contribution in [0.1, 0.15) is 29.9 Å². The van der Waals surface area contributed by atoms with Crippen LogP contribution >= 0.6 is 0 Å². The van der Waals surface area contributed by atoms with Gasteiger partial charge in [0.15, 0.2) is 0 Å². The lowest BCUT2D eigenvalue weighted by molar-refractivity contribution is 0.459. The second kappa shape index (κ2) is 4.01. The Bertz CT molecular complexity index is 314. The van der Waals surface area contributed by atoms with Crippen molar-refractivity contribution in [3.63, 3.8) is 0 Å². The van der Waals surface area contributed by atoms with Crippen LogP contribution in [0.4, 0.5) is 5.69 Å². The van der Waals surface area contributed by atoms with Crippen LogP contribution < -0.4 is 11.1 Å². The zero-order valence-corrected chi connectivity index (χ0v) is 8.72. The van der Waals surface area contributed by atoms with E-state index in [1.165, 1.54) is 24.0 Å². The monoisotopic (exact) mass is 190 g/mol. The van der Waals surface area contributed by atoms with Crippen molar-refractivity contribution in [3.05, 3.63) is 29.3 Å². The van der Waals surface area contributed by atoms with Crippen molar-refractivity contribution in [2.24, 2.45) is 0 Å². The van der Waals surface area contributed by atoms with Gasteiger partial charge in [-0.05, 0) is 56.0 Å². The van der Waals surface area contributed by atoms with Gasteiger partial charge in [-0.15, -0.1) is 0 Å². The van der Waals surface area contributed by atoms with Crippen molar-refractivity contribution < 1.29 is 0 Å². The Hall–Kier alpha value is -1.02. The van der Waals surface area contributed by atoms with E-state index in [9.17, 15) is 0 Å². The molecule has 0 amide bonds. The number of rotatable bonds is 1. The number of anilines is 1. The van der Waals surface area contributed by atoms with Crippen LogP contribution in [-0.2, 0) is 0 Å². The van der Waals surface area contributed by atoms with E-state index in [4.69, 9.17) is 5.73 Å². The van der Waals surface area contributed by atoms with E-state index in [2.05, 4.69) is 24.4 Å². The second-order valence-electron chi connectivity index (χ2n) is 4.09. The maximum Gasteiger partial charge on any atom is 0.0346 e. The van der Waals surface area contributed by atoms with E-state index in [-0.39, 0.29) is 0 Å². The molecule has 1 aliphatic rings. The van der Waals surface area contributed by atoms with Gasteiger partial charge in [0, 0.05) is 5.69 Å². The number of nitrogens with one attached hydrogen (secondary N) is 1. The van der Waals surface area contributed by atoms with Gasteiger partial charge in [0.25, 0.3) is 0 Å². The maximum absolute atomic E-state index is 5.91. The molecular weight excluding hydrogens is 172 g/mol. The van der Waals surface area contributed by atoms with E-state index in [1.54, 1.807) is 0 Å². The first-order valence-corrected chi connectivity index (χ1v) is 5.34. The summed E-state index contributed by atoms with van der Waals surface area (Å²) in [6.45, 7) is 4.41. The minimum absolute atomic E-state index is 0.708. The maximum atomic E-state index is 5.91. The molecule has 1 aromatic rings. The Kier molecular flexibility index (Phi) is 2.73. The first-order valence-electron chi connectivity index (χ1n) is 5.34. The van der Waals surface area contributed by atoms with Crippen molar-refractivity contribution in [1.82, 2.24) is 5.32 Å². The average molecular weight is 190 g/mol. The van der Waals surface area contributed by atoms with Crippen molar-refractivity contribution in [2.45, 2.75) is 25.7 Å². The highest BCUT2D eigenvalue weighted by molar-refractivity contribution is 5.51. The molecule has 76 valence electrons. The standard InChI is InChI=1S/C12H18N2/c1-9-11(3-2-4-12(9)13)10-5-7-14-8-6-10/h2-4,10,14H,5-8,13H2,1H3. The highest BCUT2D eigenvalue weighted by Crippen LogP contribution is 2.29. The summed E-state index contributed by atoms with van der Waals surface area (Å²) >= 11 is 0. The smallest absolute Gasteiger partial charge is 0.0346 e. The van der Waals surface area contributed by atoms with Crippen LogP contribution in [0, 0.1) is 6.92 Å². The molecule has 0 radical (unpaired) electrons. The molecule has 1 aliphatic heterocycles. The first kappa shape index (κ1) is 9.53. The lowest BCUT2D eigenvalue weighted by atomic mass is 9.87. The summed E-state index contributed by atoms with van der Waals surface area (Å²) in [6, 6.07) is 6.28. The fourth-order valence-corrected chi connectivity index (χ4v) is 2.25. The summed E-state index contributed by atoms with van der Waals surface area (Å²) in [4.78, 5) is 0. The van der Waals surface area contributed by atoms with Gasteiger partial charge in [-0.1, -0.05) is 12.1 Å². The predicted octanol–water partition coefficient (Wildman–Crippen LogP) is 2.04. The second-order valence-corrected chi connectivity index (χ2v) is 4.09. The van der Waals surface area contributed by atoms with Gasteiger partial charge in [-0.2, -0.15) is 0 Å². The van der Waals surface area contributed by atoms with Gasteiger partial charge in [0.2, 0.25) is 0 Å². The Labute approximate surface area is 85.5 Å². The fraction of sp³-hybridized carbons (Fsp3) is 0.500. The zero-order valence-electron chi connectivity index (χ0n) is 8.72. The first-order chi connectivity index (χ1) is 6.79. The number of piperidine rings is 1. The lowest BCUT2D eigenvalue weighted by Gasteiger charge is -2.24. The van der Waals surface area contributed by atoms with E-state index in [0.717, 1.165) is 18.8 Å². The molecule has 2 nitrogen and oxygen atoms in total. The van der Waals surface area contributed by atoms with Gasteiger partial charge in [-0.25, -0.2) is 0 Å². The van der Waals surface area contributed by atoms with Crippen LogP contribution in [0.2, 0.25) is 0 Å². The Balaban J connectivity index is 2.26. The molecule has 0 bridgehead atoms. The molecular formula is C12H18N2. The predicted molar refractivity (Wildman–Crippen MR) is 60.4 cm³/mol. The van der Waals surface area contributed by atoms with Crippen LogP contribution in [0.15, 0.2) is 18.2 Å². The molecule has 0 aliphatic carbocycles. The third-order valence-corrected chi connectivity index (χ3v) is 3.20. The van der Waals surface area contributed by atoms with E-state index in [0.29, 0.717) is 5.92 Å². The molecule has 3 N–H and O–H groups in total. The zero-order chi connectivity index (χ0) is 9.97. The third-order valence-electron chi connectivity index (χ3n) is 3.20. The molecule has 1 fully saturated rings. The highest BCUT2D eigenvalue weighted by atomic mass is 14.9. The molecule has 2 heteroatoms. The largest absolute Gasteiger partial charge is 0.399 e. The molecule has 2 rings (SSSR count). The molecule has 0 aromatic heterocycles. The Morgan fingerprint density at radius 3 is 2.71 bits per heavy atom. The summed E-state index contributed by atoms with van der Waals surface area (Å²) in [7, 11) is 0. The average Bonchev–Trinajstić information content (AvgIpc) is 2.23. The molecule has 1 heterocycles. The van der Waals surface area contributed by atoms with Gasteiger partial charge in [0.05, 0.1) is 0 Å². The Morgan fingerprint density at radius 1 is 1.29 bits per heavy atom. The molecule has 0 spiro atoms. The quantitative estimate of drug-likeness (QED) is 0.665. The van der Waals surface area contributed by atoms with E-state index < -0.39 is 0 Å². The summed E-state index contributed by atoms with van der Waals surface area (Å²) in [5, 5.41) is 3.39. The molecule has 14 heavy (non-hydrogen) atoms. The van der Waals surface area contributed by atoms with Gasteiger partial charge in [-0.3, -0.25) is 0 Å². The lowest BCUT2D eigenvalue weighted by Crippen LogP contribution is -2.27. The number of benzene rings is 1. The minimum atomic E-state index is 0.708. The molecule has 0 atom stereocenters. The number of hydrogen-bond donors (Lipinski definition) is 2. The van der Waals surface area contributed by atoms with Crippen molar-refractivity contribution in [2.75, 3.05) is 18.8 Å². The van der Waals surface area contributed by atoms with Gasteiger partial charge in [0.1, 0.15) is 0 Å². The van der Waals surface area contributed by atoms with Crippen LogP contribution in [0.25, 0.3) is 0 Å². The van der Waals surface area contributed by atoms with E-state index in [1.807, 2.05) is 6.07 Å². The molecule has 1 saturated heterocycles. The number of hydrogen-bond acceptors (Lipinski definition) is 2. The van der Waals surface area contributed by atoms with Crippen molar-refractivity contribution >= 4 is 5.69 Å². The highest BCUT2D eigenvalue weighted by Gasteiger charge is 2.17. The van der Waals surface area contributed by atoms with Crippen LogP contribution in [0.3, 0.4) is 0 Å². The molecule has 0 unspecified atom stereocenters.